The van der Waals surface area contributed by atoms with E-state index in [2.05, 4.69) is 10.2 Å². The van der Waals surface area contributed by atoms with Crippen LogP contribution >= 0.6 is 0 Å². The maximum absolute atomic E-state index is 12.8. The second-order valence-electron chi connectivity index (χ2n) is 5.80. The summed E-state index contributed by atoms with van der Waals surface area (Å²) in [5, 5.41) is 8.46. The van der Waals surface area contributed by atoms with Gasteiger partial charge in [-0.1, -0.05) is 18.2 Å². The summed E-state index contributed by atoms with van der Waals surface area (Å²) in [4.78, 5) is 26.7. The number of benzene rings is 1. The summed E-state index contributed by atoms with van der Waals surface area (Å²) in [6.07, 6.45) is 1.58. The van der Waals surface area contributed by atoms with Crippen LogP contribution in [0.3, 0.4) is 0 Å². The largest absolute Gasteiger partial charge is 0.300 e. The maximum Gasteiger partial charge on any atom is 0.300 e. The predicted molar refractivity (Wildman–Crippen MR) is 94.0 cm³/mol. The average Bonchev–Trinajstić information content (AvgIpc) is 3.16. The molecular weight excluding hydrogens is 318 g/mol. The molecular formula is C18H19N5O2. The average molecular weight is 337 g/mol. The highest BCUT2D eigenvalue weighted by atomic mass is 16.2. The van der Waals surface area contributed by atoms with Crippen LogP contribution in [0.4, 0.5) is 5.82 Å². The molecule has 0 saturated heterocycles. The lowest BCUT2D eigenvalue weighted by Crippen LogP contribution is -2.35. The van der Waals surface area contributed by atoms with E-state index in [0.717, 1.165) is 5.69 Å². The van der Waals surface area contributed by atoms with E-state index in [-0.39, 0.29) is 0 Å². The maximum atomic E-state index is 12.8. The number of carbonyl (C=O) groups is 2. The second kappa shape index (κ2) is 6.35. The molecule has 0 N–H and O–H groups in total. The molecule has 0 fully saturated rings. The van der Waals surface area contributed by atoms with Crippen molar-refractivity contribution in [3.05, 3.63) is 59.5 Å². The van der Waals surface area contributed by atoms with Crippen LogP contribution in [0.2, 0.25) is 0 Å². The SMILES string of the molecule is Cc1nn(-c2ccccc2)c(C)c1C(=O)C(=O)N(C)c1ccnn1C. The third-order valence-electron chi connectivity index (χ3n) is 4.16. The van der Waals surface area contributed by atoms with E-state index in [9.17, 15) is 9.59 Å². The van der Waals surface area contributed by atoms with Crippen molar-refractivity contribution in [3.63, 3.8) is 0 Å². The third kappa shape index (κ3) is 2.84. The van der Waals surface area contributed by atoms with Crippen molar-refractivity contribution in [2.75, 3.05) is 11.9 Å². The van der Waals surface area contributed by atoms with Gasteiger partial charge in [0.1, 0.15) is 5.82 Å². The van der Waals surface area contributed by atoms with Gasteiger partial charge in [0, 0.05) is 20.2 Å². The van der Waals surface area contributed by atoms with Crippen molar-refractivity contribution in [3.8, 4) is 5.69 Å². The Morgan fingerprint density at radius 1 is 1.08 bits per heavy atom. The lowest BCUT2D eigenvalue weighted by Gasteiger charge is -2.16. The molecule has 2 heterocycles. The van der Waals surface area contributed by atoms with Gasteiger partial charge in [0.2, 0.25) is 0 Å². The summed E-state index contributed by atoms with van der Waals surface area (Å²) in [6.45, 7) is 3.52. The zero-order valence-corrected chi connectivity index (χ0v) is 14.6. The Hall–Kier alpha value is -3.22. The van der Waals surface area contributed by atoms with Crippen molar-refractivity contribution < 1.29 is 9.59 Å². The molecule has 25 heavy (non-hydrogen) atoms. The van der Waals surface area contributed by atoms with Crippen molar-refractivity contribution in [1.82, 2.24) is 19.6 Å². The van der Waals surface area contributed by atoms with E-state index >= 15 is 0 Å². The van der Waals surface area contributed by atoms with Gasteiger partial charge in [-0.2, -0.15) is 10.2 Å². The highest BCUT2D eigenvalue weighted by molar-refractivity contribution is 6.47. The lowest BCUT2D eigenvalue weighted by atomic mass is 10.1. The molecule has 3 aromatic rings. The van der Waals surface area contributed by atoms with Gasteiger partial charge in [0.15, 0.2) is 0 Å². The topological polar surface area (TPSA) is 73.0 Å². The zero-order chi connectivity index (χ0) is 18.1. The Balaban J connectivity index is 1.97. The Bertz CT molecular complexity index is 940. The molecule has 0 atom stereocenters. The first kappa shape index (κ1) is 16.6. The van der Waals surface area contributed by atoms with E-state index < -0.39 is 11.7 Å². The molecule has 2 aromatic heterocycles. The lowest BCUT2D eigenvalue weighted by molar-refractivity contribution is -0.114. The molecule has 0 aliphatic heterocycles. The zero-order valence-electron chi connectivity index (χ0n) is 14.6. The summed E-state index contributed by atoms with van der Waals surface area (Å²) in [7, 11) is 3.27. The Morgan fingerprint density at radius 3 is 2.36 bits per heavy atom. The molecule has 0 radical (unpaired) electrons. The summed E-state index contributed by atoms with van der Waals surface area (Å²) in [6, 6.07) is 11.2. The van der Waals surface area contributed by atoms with E-state index in [1.165, 1.54) is 9.58 Å². The summed E-state index contributed by atoms with van der Waals surface area (Å²) < 4.78 is 3.22. The van der Waals surface area contributed by atoms with E-state index in [0.29, 0.717) is 22.8 Å². The molecule has 7 nitrogen and oxygen atoms in total. The standard InChI is InChI=1S/C18H19N5O2/c1-12-16(13(2)23(20-12)14-8-6-5-7-9-14)17(24)18(25)21(3)15-10-11-19-22(15)4/h5-11H,1-4H3. The molecule has 1 aromatic carbocycles. The number of nitrogens with zero attached hydrogens (tertiary/aromatic N) is 5. The molecule has 3 rings (SSSR count). The minimum Gasteiger partial charge on any atom is -0.293 e. The first-order chi connectivity index (χ1) is 11.9. The fourth-order valence-corrected chi connectivity index (χ4v) is 2.85. The molecule has 0 aliphatic carbocycles. The number of anilines is 1. The molecule has 0 saturated carbocycles. The van der Waals surface area contributed by atoms with Crippen LogP contribution < -0.4 is 4.90 Å². The fraction of sp³-hybridized carbons (Fsp3) is 0.222. The molecule has 7 heteroatoms. The Morgan fingerprint density at radius 2 is 1.76 bits per heavy atom. The molecule has 0 spiro atoms. The van der Waals surface area contributed by atoms with E-state index in [1.807, 2.05) is 30.3 Å². The number of likely N-dealkylation sites (N-methyl/N-ethyl adjacent to an activating group) is 1. The normalized spacial score (nSPS) is 10.7. The highest BCUT2D eigenvalue weighted by Gasteiger charge is 2.28. The monoisotopic (exact) mass is 337 g/mol. The van der Waals surface area contributed by atoms with Gasteiger partial charge in [-0.25, -0.2) is 4.68 Å². The van der Waals surface area contributed by atoms with Crippen molar-refractivity contribution in [1.29, 1.82) is 0 Å². The number of hydrogen-bond acceptors (Lipinski definition) is 4. The predicted octanol–water partition coefficient (Wildman–Crippen LogP) is 2.07. The number of Topliss-reactive ketones (excluding diaryl/α,β-unsaturated/α-hetero) is 1. The van der Waals surface area contributed by atoms with Crippen LogP contribution in [-0.2, 0) is 11.8 Å². The van der Waals surface area contributed by atoms with Crippen molar-refractivity contribution in [2.45, 2.75) is 13.8 Å². The smallest absolute Gasteiger partial charge is 0.293 e. The van der Waals surface area contributed by atoms with Crippen LogP contribution in [0.15, 0.2) is 42.6 Å². The van der Waals surface area contributed by atoms with Crippen LogP contribution in [0.25, 0.3) is 5.69 Å². The van der Waals surface area contributed by atoms with Crippen molar-refractivity contribution >= 4 is 17.5 Å². The highest BCUT2D eigenvalue weighted by Crippen LogP contribution is 2.20. The molecule has 0 unspecified atom stereocenters. The van der Waals surface area contributed by atoms with Crippen LogP contribution in [0, 0.1) is 13.8 Å². The molecule has 128 valence electrons. The minimum absolute atomic E-state index is 0.336. The van der Waals surface area contributed by atoms with Crippen LogP contribution in [0.5, 0.6) is 0 Å². The number of carbonyl (C=O) groups excluding carboxylic acids is 2. The summed E-state index contributed by atoms with van der Waals surface area (Å²) in [5.74, 6) is -0.660. The van der Waals surface area contributed by atoms with Gasteiger partial charge in [0.05, 0.1) is 28.8 Å². The molecule has 0 bridgehead atoms. The van der Waals surface area contributed by atoms with Gasteiger partial charge in [-0.3, -0.25) is 19.2 Å². The number of aromatic nitrogens is 4. The quantitative estimate of drug-likeness (QED) is 0.540. The molecule has 0 aliphatic rings. The van der Waals surface area contributed by atoms with E-state index in [1.54, 1.807) is 44.9 Å². The Labute approximate surface area is 145 Å². The number of ketones is 1. The fourth-order valence-electron chi connectivity index (χ4n) is 2.85. The van der Waals surface area contributed by atoms with Gasteiger partial charge >= 0.3 is 0 Å². The van der Waals surface area contributed by atoms with Gasteiger partial charge in [-0.15, -0.1) is 0 Å². The van der Waals surface area contributed by atoms with Crippen LogP contribution in [-0.4, -0.2) is 38.3 Å². The number of para-hydroxylation sites is 1. The number of hydrogen-bond donors (Lipinski definition) is 0. The van der Waals surface area contributed by atoms with Gasteiger partial charge in [-0.05, 0) is 26.0 Å². The first-order valence-electron chi connectivity index (χ1n) is 7.84. The Kier molecular flexibility index (Phi) is 4.22. The summed E-state index contributed by atoms with van der Waals surface area (Å²) in [5.41, 5.74) is 2.34. The summed E-state index contributed by atoms with van der Waals surface area (Å²) >= 11 is 0. The molecule has 1 amide bonds. The number of amides is 1. The third-order valence-corrected chi connectivity index (χ3v) is 4.16. The van der Waals surface area contributed by atoms with E-state index in [4.69, 9.17) is 0 Å². The van der Waals surface area contributed by atoms with Gasteiger partial charge in [0.25, 0.3) is 11.7 Å². The number of aryl methyl sites for hydroxylation is 2. The number of rotatable bonds is 4. The van der Waals surface area contributed by atoms with Crippen LogP contribution in [0.1, 0.15) is 21.7 Å². The van der Waals surface area contributed by atoms with Crippen molar-refractivity contribution in [2.24, 2.45) is 7.05 Å². The second-order valence-corrected chi connectivity index (χ2v) is 5.80. The van der Waals surface area contributed by atoms with Gasteiger partial charge < -0.3 is 0 Å². The minimum atomic E-state index is -0.623. The first-order valence-corrected chi connectivity index (χ1v) is 7.84.